The fourth-order valence-electron chi connectivity index (χ4n) is 2.81. The number of aromatic nitrogens is 3. The van der Waals surface area contributed by atoms with Crippen LogP contribution in [0.5, 0.6) is 5.75 Å². The van der Waals surface area contributed by atoms with Crippen LogP contribution in [0, 0.1) is 10.1 Å². The van der Waals surface area contributed by atoms with Crippen molar-refractivity contribution >= 4 is 23.2 Å². The van der Waals surface area contributed by atoms with Gasteiger partial charge in [0.25, 0.3) is 5.69 Å². The molecule has 0 bridgehead atoms. The zero-order valence-corrected chi connectivity index (χ0v) is 16.1. The number of ether oxygens (including phenoxy) is 1. The molecule has 0 spiro atoms. The van der Waals surface area contributed by atoms with E-state index in [1.54, 1.807) is 16.8 Å². The lowest BCUT2D eigenvalue weighted by molar-refractivity contribution is -0.384. The van der Waals surface area contributed by atoms with Gasteiger partial charge in [-0.05, 0) is 43.7 Å². The topological polar surface area (TPSA) is 95.4 Å². The van der Waals surface area contributed by atoms with Crippen LogP contribution in [0.2, 0.25) is 0 Å². The molecule has 3 aromatic rings. The average Bonchev–Trinajstić information content (AvgIpc) is 3.11. The summed E-state index contributed by atoms with van der Waals surface area (Å²) in [6, 6.07) is 14.0. The number of benzene rings is 2. The number of hydrogen-bond acceptors (Lipinski definition) is 7. The second-order valence-electron chi connectivity index (χ2n) is 6.45. The van der Waals surface area contributed by atoms with Crippen LogP contribution in [-0.4, -0.2) is 37.4 Å². The van der Waals surface area contributed by atoms with Gasteiger partial charge >= 0.3 is 0 Å². The Hall–Kier alpha value is -3.20. The highest BCUT2D eigenvalue weighted by Crippen LogP contribution is 2.30. The summed E-state index contributed by atoms with van der Waals surface area (Å²) < 4.78 is 7.47. The van der Waals surface area contributed by atoms with Crippen LogP contribution in [0.4, 0.5) is 5.69 Å². The Morgan fingerprint density at radius 2 is 1.93 bits per heavy atom. The molecule has 0 aliphatic carbocycles. The highest BCUT2D eigenvalue weighted by atomic mass is 32.2. The number of nitrogens with zero attached hydrogens (tertiary/aromatic N) is 5. The van der Waals surface area contributed by atoms with E-state index in [9.17, 15) is 10.1 Å². The van der Waals surface area contributed by atoms with Crippen LogP contribution < -0.4 is 4.74 Å². The Balaban J connectivity index is 1.69. The summed E-state index contributed by atoms with van der Waals surface area (Å²) in [7, 11) is 0. The van der Waals surface area contributed by atoms with Crippen molar-refractivity contribution in [2.45, 2.75) is 25.1 Å². The average molecular weight is 395 g/mol. The normalized spacial score (nSPS) is 13.2. The quantitative estimate of drug-likeness (QED) is 0.479. The molecule has 1 aliphatic rings. The molecule has 0 saturated heterocycles. The van der Waals surface area contributed by atoms with Crippen LogP contribution in [0.3, 0.4) is 0 Å². The van der Waals surface area contributed by atoms with Crippen molar-refractivity contribution in [3.8, 4) is 17.1 Å². The number of hydrogen-bond donors (Lipinski definition) is 0. The van der Waals surface area contributed by atoms with Crippen LogP contribution in [0.15, 0.2) is 58.8 Å². The second-order valence-corrected chi connectivity index (χ2v) is 7.39. The first-order valence-electron chi connectivity index (χ1n) is 8.69. The molecule has 0 radical (unpaired) electrons. The summed E-state index contributed by atoms with van der Waals surface area (Å²) in [5.74, 6) is 2.00. The summed E-state index contributed by atoms with van der Waals surface area (Å²) in [6.45, 7) is 3.95. The molecule has 2 aromatic carbocycles. The van der Waals surface area contributed by atoms with Crippen LogP contribution in [0.25, 0.3) is 11.4 Å². The van der Waals surface area contributed by atoms with E-state index in [4.69, 9.17) is 9.84 Å². The van der Waals surface area contributed by atoms with Gasteiger partial charge in [0, 0.05) is 23.4 Å². The minimum absolute atomic E-state index is 0.0560. The van der Waals surface area contributed by atoms with Gasteiger partial charge in [-0.15, -0.1) is 10.2 Å². The molecule has 9 heteroatoms. The zero-order valence-electron chi connectivity index (χ0n) is 15.3. The van der Waals surface area contributed by atoms with E-state index in [1.165, 1.54) is 23.9 Å². The zero-order chi connectivity index (χ0) is 19.7. The van der Waals surface area contributed by atoms with E-state index in [2.05, 4.69) is 10.2 Å². The molecule has 8 nitrogen and oxygen atoms in total. The van der Waals surface area contributed by atoms with Crippen LogP contribution in [-0.2, 0) is 0 Å². The molecule has 1 aliphatic heterocycles. The fourth-order valence-corrected chi connectivity index (χ4v) is 3.64. The number of rotatable bonds is 5. The van der Waals surface area contributed by atoms with Gasteiger partial charge in [0.05, 0.1) is 16.7 Å². The number of nitro groups is 1. The molecule has 0 fully saturated rings. The Kier molecular flexibility index (Phi) is 4.82. The lowest BCUT2D eigenvalue weighted by atomic mass is 10.1. The first kappa shape index (κ1) is 18.2. The van der Waals surface area contributed by atoms with Crippen molar-refractivity contribution in [1.29, 1.82) is 0 Å². The predicted molar refractivity (Wildman–Crippen MR) is 107 cm³/mol. The third kappa shape index (κ3) is 3.61. The molecular formula is C19H17N5O3S. The fraction of sp³-hybridized carbons (Fsp3) is 0.211. The second kappa shape index (κ2) is 7.43. The molecule has 2 heterocycles. The first-order valence-corrected chi connectivity index (χ1v) is 9.68. The third-order valence-electron chi connectivity index (χ3n) is 4.05. The van der Waals surface area contributed by atoms with Gasteiger partial charge in [0.1, 0.15) is 5.75 Å². The molecular weight excluding hydrogens is 378 g/mol. The molecule has 0 saturated carbocycles. The smallest absolute Gasteiger partial charge is 0.269 e. The molecule has 4 rings (SSSR count). The molecule has 0 amide bonds. The number of non-ortho nitro benzene ring substituents is 1. The standard InChI is InChI=1S/C19H17N5O3S/c1-12(2)27-16-5-3-4-14(10-16)18-20-21-19-23(18)22-17(11-28-19)13-6-8-15(9-7-13)24(25)26/h3-10,12H,11H2,1-2H3. The summed E-state index contributed by atoms with van der Waals surface area (Å²) in [5, 5.41) is 24.8. The number of thioether (sulfide) groups is 1. The van der Waals surface area contributed by atoms with Crippen molar-refractivity contribution in [2.24, 2.45) is 5.10 Å². The van der Waals surface area contributed by atoms with E-state index in [-0.39, 0.29) is 11.8 Å². The van der Waals surface area contributed by atoms with E-state index in [0.717, 1.165) is 22.6 Å². The summed E-state index contributed by atoms with van der Waals surface area (Å²) in [4.78, 5) is 10.4. The minimum Gasteiger partial charge on any atom is -0.491 e. The van der Waals surface area contributed by atoms with E-state index in [1.807, 2.05) is 38.1 Å². The predicted octanol–water partition coefficient (Wildman–Crippen LogP) is 4.00. The van der Waals surface area contributed by atoms with Crippen molar-refractivity contribution < 1.29 is 9.66 Å². The lowest BCUT2D eigenvalue weighted by Crippen LogP contribution is -2.13. The summed E-state index contributed by atoms with van der Waals surface area (Å²) >= 11 is 1.53. The van der Waals surface area contributed by atoms with Gasteiger partial charge in [-0.1, -0.05) is 23.9 Å². The van der Waals surface area contributed by atoms with Gasteiger partial charge in [-0.25, -0.2) is 0 Å². The molecule has 0 unspecified atom stereocenters. The monoisotopic (exact) mass is 395 g/mol. The third-order valence-corrected chi connectivity index (χ3v) is 4.98. The summed E-state index contributed by atoms with van der Waals surface area (Å²) in [6.07, 6.45) is 0.0740. The maximum absolute atomic E-state index is 10.9. The largest absolute Gasteiger partial charge is 0.491 e. The summed E-state index contributed by atoms with van der Waals surface area (Å²) in [5.41, 5.74) is 2.55. The highest BCUT2D eigenvalue weighted by molar-refractivity contribution is 7.99. The maximum atomic E-state index is 10.9. The molecule has 0 N–H and O–H groups in total. The van der Waals surface area contributed by atoms with E-state index >= 15 is 0 Å². The first-order chi connectivity index (χ1) is 13.5. The Morgan fingerprint density at radius 3 is 2.64 bits per heavy atom. The number of nitro benzene ring substituents is 1. The van der Waals surface area contributed by atoms with Gasteiger partial charge in [0.2, 0.25) is 5.16 Å². The van der Waals surface area contributed by atoms with Crippen LogP contribution in [0.1, 0.15) is 19.4 Å². The van der Waals surface area contributed by atoms with Gasteiger partial charge in [0.15, 0.2) is 5.82 Å². The van der Waals surface area contributed by atoms with Crippen molar-refractivity contribution in [2.75, 3.05) is 5.75 Å². The van der Waals surface area contributed by atoms with E-state index < -0.39 is 4.92 Å². The highest BCUT2D eigenvalue weighted by Gasteiger charge is 2.21. The Labute approximate surface area is 165 Å². The minimum atomic E-state index is -0.413. The van der Waals surface area contributed by atoms with Crippen molar-refractivity contribution in [1.82, 2.24) is 14.9 Å². The lowest BCUT2D eigenvalue weighted by Gasteiger charge is -2.14. The van der Waals surface area contributed by atoms with Crippen LogP contribution >= 0.6 is 11.8 Å². The van der Waals surface area contributed by atoms with Gasteiger partial charge in [-0.3, -0.25) is 10.1 Å². The van der Waals surface area contributed by atoms with Gasteiger partial charge in [-0.2, -0.15) is 9.78 Å². The van der Waals surface area contributed by atoms with Crippen molar-refractivity contribution in [3.05, 3.63) is 64.2 Å². The van der Waals surface area contributed by atoms with Gasteiger partial charge < -0.3 is 4.74 Å². The number of fused-ring (bicyclic) bond motifs is 1. The molecule has 142 valence electrons. The Bertz CT molecular complexity index is 1060. The maximum Gasteiger partial charge on any atom is 0.269 e. The molecule has 28 heavy (non-hydrogen) atoms. The van der Waals surface area contributed by atoms with E-state index in [0.29, 0.717) is 16.7 Å². The Morgan fingerprint density at radius 1 is 1.14 bits per heavy atom. The van der Waals surface area contributed by atoms with Crippen molar-refractivity contribution in [3.63, 3.8) is 0 Å². The molecule has 1 aromatic heterocycles. The molecule has 0 atom stereocenters. The SMILES string of the molecule is CC(C)Oc1cccc(-c2nnc3n2N=C(c2ccc([N+](=O)[O-])cc2)CS3)c1.